The van der Waals surface area contributed by atoms with Gasteiger partial charge in [0.2, 0.25) is 0 Å². The van der Waals surface area contributed by atoms with E-state index in [4.69, 9.17) is 16.3 Å². The van der Waals surface area contributed by atoms with Crippen molar-refractivity contribution in [2.45, 2.75) is 13.8 Å². The Morgan fingerprint density at radius 1 is 1.06 bits per heavy atom. The zero-order chi connectivity index (χ0) is 23.4. The van der Waals surface area contributed by atoms with Gasteiger partial charge in [0.05, 0.1) is 11.5 Å². The third-order valence-corrected chi connectivity index (χ3v) is 6.56. The zero-order valence-corrected chi connectivity index (χ0v) is 21.1. The molecule has 0 amide bonds. The van der Waals surface area contributed by atoms with E-state index in [1.165, 1.54) is 11.3 Å². The Bertz CT molecular complexity index is 1290. The minimum atomic E-state index is -0.450. The van der Waals surface area contributed by atoms with Crippen LogP contribution in [0, 0.1) is 6.92 Å². The number of hydrogen-bond donors (Lipinski definition) is 2. The van der Waals surface area contributed by atoms with Gasteiger partial charge in [0.25, 0.3) is 0 Å². The topological polar surface area (TPSA) is 63.2 Å². The summed E-state index contributed by atoms with van der Waals surface area (Å²) in [4.78, 5) is 17.9. The van der Waals surface area contributed by atoms with Gasteiger partial charge in [-0.2, -0.15) is 0 Å². The number of benzene rings is 3. The van der Waals surface area contributed by atoms with Crippen LogP contribution in [0.25, 0.3) is 10.4 Å². The van der Waals surface area contributed by atoms with Gasteiger partial charge >= 0.3 is 5.97 Å². The van der Waals surface area contributed by atoms with Crippen LogP contribution in [0.1, 0.15) is 23.0 Å². The van der Waals surface area contributed by atoms with Crippen molar-refractivity contribution in [3.8, 4) is 10.4 Å². The number of nitrogens with one attached hydrogen (secondary N) is 2. The molecule has 8 heteroatoms. The number of anilines is 4. The van der Waals surface area contributed by atoms with Crippen molar-refractivity contribution in [1.82, 2.24) is 4.98 Å². The van der Waals surface area contributed by atoms with E-state index in [2.05, 4.69) is 31.5 Å². The van der Waals surface area contributed by atoms with Gasteiger partial charge in [-0.3, -0.25) is 0 Å². The van der Waals surface area contributed by atoms with E-state index in [1.54, 1.807) is 19.1 Å². The lowest BCUT2D eigenvalue weighted by Crippen LogP contribution is -2.06. The molecule has 0 saturated carbocycles. The van der Waals surface area contributed by atoms with Gasteiger partial charge in [-0.25, -0.2) is 9.78 Å². The highest BCUT2D eigenvalue weighted by Gasteiger charge is 2.21. The van der Waals surface area contributed by atoms with Crippen LogP contribution in [0.5, 0.6) is 0 Å². The summed E-state index contributed by atoms with van der Waals surface area (Å²) in [6.07, 6.45) is 0. The molecule has 0 radical (unpaired) electrons. The van der Waals surface area contributed by atoms with E-state index in [0.29, 0.717) is 10.2 Å². The van der Waals surface area contributed by atoms with E-state index in [0.717, 1.165) is 37.5 Å². The first-order valence-corrected chi connectivity index (χ1v) is 12.3. The van der Waals surface area contributed by atoms with Gasteiger partial charge < -0.3 is 15.4 Å². The van der Waals surface area contributed by atoms with E-state index in [9.17, 15) is 4.79 Å². The average Bonchev–Trinajstić information content (AvgIpc) is 3.21. The number of ether oxygens (including phenoxy) is 1. The van der Waals surface area contributed by atoms with Crippen molar-refractivity contribution >= 4 is 67.0 Å². The summed E-state index contributed by atoms with van der Waals surface area (Å²) in [6.45, 7) is 4.07. The summed E-state index contributed by atoms with van der Waals surface area (Å²) in [5, 5.41) is 8.01. The molecule has 0 bridgehead atoms. The summed E-state index contributed by atoms with van der Waals surface area (Å²) < 4.78 is 6.24. The van der Waals surface area contributed by atoms with Gasteiger partial charge in [0.1, 0.15) is 0 Å². The predicted octanol–water partition coefficient (Wildman–Crippen LogP) is 8.20. The third kappa shape index (κ3) is 5.74. The fourth-order valence-electron chi connectivity index (χ4n) is 3.19. The Hall–Kier alpha value is -2.87. The summed E-state index contributed by atoms with van der Waals surface area (Å²) in [6, 6.07) is 21.4. The summed E-state index contributed by atoms with van der Waals surface area (Å²) in [5.41, 5.74) is 4.99. The highest BCUT2D eigenvalue weighted by Crippen LogP contribution is 2.36. The minimum absolute atomic E-state index is 0.279. The molecule has 3 aromatic carbocycles. The number of aromatic nitrogens is 1. The van der Waals surface area contributed by atoms with E-state index in [1.807, 2.05) is 61.5 Å². The largest absolute Gasteiger partial charge is 0.461 e. The maximum Gasteiger partial charge on any atom is 0.358 e. The van der Waals surface area contributed by atoms with Crippen LogP contribution < -0.4 is 10.6 Å². The smallest absolute Gasteiger partial charge is 0.358 e. The first-order valence-electron chi connectivity index (χ1n) is 10.3. The molecule has 4 rings (SSSR count). The number of esters is 1. The van der Waals surface area contributed by atoms with Crippen LogP contribution in [-0.4, -0.2) is 17.6 Å². The predicted molar refractivity (Wildman–Crippen MR) is 140 cm³/mol. The highest BCUT2D eigenvalue weighted by atomic mass is 79.9. The molecule has 168 valence electrons. The molecule has 0 saturated heterocycles. The number of nitrogens with zero attached hydrogens (tertiary/aromatic N) is 1. The van der Waals surface area contributed by atoms with E-state index in [-0.39, 0.29) is 12.3 Å². The second-order valence-corrected chi connectivity index (χ2v) is 9.57. The number of carbonyl (C=O) groups excluding carboxylic acids is 1. The monoisotopic (exact) mass is 541 g/mol. The number of carbonyl (C=O) groups is 1. The fourth-order valence-corrected chi connectivity index (χ4v) is 4.69. The molecule has 5 nitrogen and oxygen atoms in total. The first-order chi connectivity index (χ1) is 15.9. The van der Waals surface area contributed by atoms with Crippen molar-refractivity contribution < 1.29 is 9.53 Å². The van der Waals surface area contributed by atoms with Crippen LogP contribution in [0.4, 0.5) is 22.2 Å². The van der Waals surface area contributed by atoms with Crippen molar-refractivity contribution in [3.63, 3.8) is 0 Å². The summed E-state index contributed by atoms with van der Waals surface area (Å²) in [5.74, 6) is -0.450. The maximum absolute atomic E-state index is 12.6. The number of rotatable bonds is 7. The lowest BCUT2D eigenvalue weighted by atomic mass is 10.1. The Kier molecular flexibility index (Phi) is 7.33. The Labute approximate surface area is 209 Å². The van der Waals surface area contributed by atoms with Crippen LogP contribution >= 0.6 is 38.9 Å². The van der Waals surface area contributed by atoms with Crippen molar-refractivity contribution in [1.29, 1.82) is 0 Å². The van der Waals surface area contributed by atoms with Crippen molar-refractivity contribution in [2.24, 2.45) is 0 Å². The highest BCUT2D eigenvalue weighted by molar-refractivity contribution is 9.10. The number of hydrogen-bond acceptors (Lipinski definition) is 6. The third-order valence-electron chi connectivity index (χ3n) is 4.79. The summed E-state index contributed by atoms with van der Waals surface area (Å²) in [7, 11) is 0. The van der Waals surface area contributed by atoms with Crippen molar-refractivity contribution in [2.75, 3.05) is 17.2 Å². The maximum atomic E-state index is 12.6. The molecule has 0 fully saturated rings. The van der Waals surface area contributed by atoms with Crippen LogP contribution in [0.2, 0.25) is 5.02 Å². The molecule has 33 heavy (non-hydrogen) atoms. The number of thiazole rings is 1. The van der Waals surface area contributed by atoms with Crippen LogP contribution in [0.3, 0.4) is 0 Å². The first kappa shape index (κ1) is 23.3. The minimum Gasteiger partial charge on any atom is -0.461 e. The molecule has 0 atom stereocenters. The molecule has 0 aliphatic carbocycles. The molecular weight excluding hydrogens is 522 g/mol. The van der Waals surface area contributed by atoms with Gasteiger partial charge in [0.15, 0.2) is 10.8 Å². The summed E-state index contributed by atoms with van der Waals surface area (Å²) >= 11 is 10.9. The van der Waals surface area contributed by atoms with Crippen molar-refractivity contribution in [3.05, 3.63) is 87.5 Å². The SMILES string of the molecule is CCOC(=O)c1nc(Nc2cc(Nc3cccc(Br)c3)ccc2C)sc1-c1ccc(Cl)cc1. The van der Waals surface area contributed by atoms with Gasteiger partial charge in [0, 0.05) is 26.6 Å². The molecule has 1 aromatic heterocycles. The molecule has 0 aliphatic heterocycles. The Balaban J connectivity index is 1.65. The molecule has 1 heterocycles. The van der Waals surface area contributed by atoms with E-state index >= 15 is 0 Å². The number of aryl methyl sites for hydroxylation is 1. The molecule has 0 unspecified atom stereocenters. The van der Waals surface area contributed by atoms with Crippen LogP contribution in [0.15, 0.2) is 71.2 Å². The quantitative estimate of drug-likeness (QED) is 0.230. The number of halogens is 2. The Morgan fingerprint density at radius 2 is 1.82 bits per heavy atom. The van der Waals surface area contributed by atoms with Gasteiger partial charge in [-0.1, -0.05) is 63.1 Å². The lowest BCUT2D eigenvalue weighted by molar-refractivity contribution is 0.0521. The standard InChI is InChI=1S/C25H21BrClN3O2S/c1-3-32-24(31)22-23(16-8-10-18(27)11-9-16)33-25(30-22)29-21-14-20(12-7-15(21)2)28-19-6-4-5-17(26)13-19/h4-14,28H,3H2,1-2H3,(H,29,30). The van der Waals surface area contributed by atoms with Gasteiger partial charge in [-0.15, -0.1) is 0 Å². The Morgan fingerprint density at radius 3 is 2.55 bits per heavy atom. The molecule has 0 aliphatic rings. The molecule has 0 spiro atoms. The van der Waals surface area contributed by atoms with Gasteiger partial charge in [-0.05, 0) is 67.4 Å². The normalized spacial score (nSPS) is 10.7. The second-order valence-electron chi connectivity index (χ2n) is 7.21. The van der Waals surface area contributed by atoms with Crippen LogP contribution in [-0.2, 0) is 4.74 Å². The van der Waals surface area contributed by atoms with E-state index < -0.39 is 5.97 Å². The fraction of sp³-hybridized carbons (Fsp3) is 0.120. The zero-order valence-electron chi connectivity index (χ0n) is 18.0. The second kappa shape index (κ2) is 10.4. The molecular formula is C25H21BrClN3O2S. The lowest BCUT2D eigenvalue weighted by Gasteiger charge is -2.12. The molecule has 4 aromatic rings. The molecule has 2 N–H and O–H groups in total. The average molecular weight is 543 g/mol.